The average Bonchev–Trinajstić information content (AvgIpc) is 3.34. The molecule has 0 aromatic carbocycles. The molecule has 12 unspecified atom stereocenters. The maximum Gasteiger partial charge on any atom is 0.186 e. The molecule has 4 aliphatic rings. The highest BCUT2D eigenvalue weighted by atomic mass is 16.7. The van der Waals surface area contributed by atoms with E-state index in [-0.39, 0.29) is 25.7 Å². The van der Waals surface area contributed by atoms with Gasteiger partial charge >= 0.3 is 0 Å². The summed E-state index contributed by atoms with van der Waals surface area (Å²) in [5.74, 6) is 0. The van der Waals surface area contributed by atoms with Gasteiger partial charge in [0.15, 0.2) is 12.6 Å². The van der Waals surface area contributed by atoms with Gasteiger partial charge in [-0.3, -0.25) is 0 Å². The van der Waals surface area contributed by atoms with Gasteiger partial charge in [-0.1, -0.05) is 13.8 Å². The Balaban J connectivity index is 1.41. The molecule has 12 heteroatoms. The first-order valence-electron chi connectivity index (χ1n) is 12.7. The Labute approximate surface area is 210 Å². The summed E-state index contributed by atoms with van der Waals surface area (Å²) in [6, 6.07) is 0. The van der Waals surface area contributed by atoms with Crippen molar-refractivity contribution in [1.29, 1.82) is 0 Å². The normalized spacial score (nSPS) is 53.2. The predicted molar refractivity (Wildman–Crippen MR) is 121 cm³/mol. The summed E-state index contributed by atoms with van der Waals surface area (Å²) in [5.41, 5.74) is -4.30. The summed E-state index contributed by atoms with van der Waals surface area (Å²) in [4.78, 5) is 0. The molecule has 210 valence electrons. The number of ether oxygens (including phenoxy) is 5. The van der Waals surface area contributed by atoms with E-state index in [1.165, 1.54) is 0 Å². The van der Waals surface area contributed by atoms with Gasteiger partial charge in [-0.15, -0.1) is 0 Å². The van der Waals surface area contributed by atoms with E-state index in [0.717, 1.165) is 6.42 Å². The highest BCUT2D eigenvalue weighted by Gasteiger charge is 2.64. The van der Waals surface area contributed by atoms with Crippen LogP contribution in [0.15, 0.2) is 0 Å². The molecule has 7 N–H and O–H groups in total. The number of rotatable bonds is 6. The third-order valence-corrected chi connectivity index (χ3v) is 8.63. The van der Waals surface area contributed by atoms with Crippen molar-refractivity contribution in [2.24, 2.45) is 5.41 Å². The van der Waals surface area contributed by atoms with Crippen molar-refractivity contribution in [3.63, 3.8) is 0 Å². The van der Waals surface area contributed by atoms with Gasteiger partial charge in [-0.05, 0) is 38.5 Å². The minimum atomic E-state index is -1.87. The molecule has 1 saturated carbocycles. The van der Waals surface area contributed by atoms with Gasteiger partial charge in [0.1, 0.15) is 41.7 Å². The topological polar surface area (TPSA) is 188 Å². The highest BCUT2D eigenvalue weighted by Crippen LogP contribution is 2.57. The second-order valence-electron chi connectivity index (χ2n) is 11.9. The summed E-state index contributed by atoms with van der Waals surface area (Å²) >= 11 is 0. The lowest BCUT2D eigenvalue weighted by Gasteiger charge is -2.58. The SMILES string of the molecule is CC1CCC2(O1)C(C)(C)CC(OC1OC(COC3OCC(O)(CO)C3O)C(O)C(O)C1O)CC2(C)O. The number of aliphatic hydroxyl groups excluding tert-OH is 5. The van der Waals surface area contributed by atoms with Crippen molar-refractivity contribution >= 4 is 0 Å². The fraction of sp³-hybridized carbons (Fsp3) is 1.00. The third-order valence-electron chi connectivity index (χ3n) is 8.63. The summed E-state index contributed by atoms with van der Waals surface area (Å²) in [6.07, 6.45) is -8.23. The number of hydrogen-bond acceptors (Lipinski definition) is 12. The largest absolute Gasteiger partial charge is 0.393 e. The molecule has 1 aliphatic carbocycles. The summed E-state index contributed by atoms with van der Waals surface area (Å²) in [5, 5.41) is 72.5. The molecule has 36 heavy (non-hydrogen) atoms. The van der Waals surface area contributed by atoms with E-state index in [1.807, 2.05) is 20.8 Å². The first kappa shape index (κ1) is 28.5. The fourth-order valence-corrected chi connectivity index (χ4v) is 6.48. The molecule has 12 atom stereocenters. The molecule has 4 rings (SSSR count). The molecular weight excluding hydrogens is 480 g/mol. The van der Waals surface area contributed by atoms with Crippen molar-refractivity contribution in [1.82, 2.24) is 0 Å². The lowest BCUT2D eigenvalue weighted by Crippen LogP contribution is -2.67. The van der Waals surface area contributed by atoms with Gasteiger partial charge < -0.3 is 59.4 Å². The van der Waals surface area contributed by atoms with Crippen LogP contribution in [0.3, 0.4) is 0 Å². The molecule has 0 amide bonds. The molecular formula is C24H42O12. The first-order valence-corrected chi connectivity index (χ1v) is 12.7. The van der Waals surface area contributed by atoms with Crippen LogP contribution in [0.25, 0.3) is 0 Å². The van der Waals surface area contributed by atoms with E-state index in [2.05, 4.69) is 0 Å². The van der Waals surface area contributed by atoms with Crippen LogP contribution in [0.1, 0.15) is 53.4 Å². The predicted octanol–water partition coefficient (Wildman–Crippen LogP) is -1.85. The zero-order valence-electron chi connectivity index (χ0n) is 21.3. The molecule has 0 bridgehead atoms. The second-order valence-corrected chi connectivity index (χ2v) is 11.9. The minimum absolute atomic E-state index is 0.0323. The van der Waals surface area contributed by atoms with Gasteiger partial charge in [0, 0.05) is 6.42 Å². The zero-order valence-corrected chi connectivity index (χ0v) is 21.3. The van der Waals surface area contributed by atoms with Crippen LogP contribution >= 0.6 is 0 Å². The fourth-order valence-electron chi connectivity index (χ4n) is 6.48. The quantitative estimate of drug-likeness (QED) is 0.207. The van der Waals surface area contributed by atoms with Crippen molar-refractivity contribution < 1.29 is 59.4 Å². The molecule has 0 aromatic heterocycles. The average molecular weight is 523 g/mol. The van der Waals surface area contributed by atoms with E-state index in [9.17, 15) is 35.7 Å². The van der Waals surface area contributed by atoms with Gasteiger partial charge in [-0.25, -0.2) is 0 Å². The monoisotopic (exact) mass is 522 g/mol. The molecule has 12 nitrogen and oxygen atoms in total. The molecule has 3 heterocycles. The van der Waals surface area contributed by atoms with Gasteiger partial charge in [0.05, 0.1) is 37.6 Å². The molecule has 3 aliphatic heterocycles. The van der Waals surface area contributed by atoms with Crippen molar-refractivity contribution in [3.05, 3.63) is 0 Å². The van der Waals surface area contributed by atoms with E-state index in [1.54, 1.807) is 6.92 Å². The number of hydrogen-bond donors (Lipinski definition) is 7. The summed E-state index contributed by atoms with van der Waals surface area (Å²) in [7, 11) is 0. The van der Waals surface area contributed by atoms with Gasteiger partial charge in [0.2, 0.25) is 0 Å². The summed E-state index contributed by atoms with van der Waals surface area (Å²) in [6.45, 7) is 6.31. The lowest BCUT2D eigenvalue weighted by atomic mass is 9.56. The molecule has 3 saturated heterocycles. The molecule has 0 aromatic rings. The van der Waals surface area contributed by atoms with E-state index < -0.39 is 78.0 Å². The van der Waals surface area contributed by atoms with Crippen molar-refractivity contribution in [2.75, 3.05) is 19.8 Å². The molecule has 0 radical (unpaired) electrons. The van der Waals surface area contributed by atoms with Crippen molar-refractivity contribution in [3.8, 4) is 0 Å². The van der Waals surface area contributed by atoms with Crippen LogP contribution in [-0.4, -0.2) is 128 Å². The Morgan fingerprint density at radius 2 is 1.64 bits per heavy atom. The number of aliphatic hydroxyl groups is 7. The van der Waals surface area contributed by atoms with E-state index >= 15 is 0 Å². The second kappa shape index (κ2) is 9.92. The third kappa shape index (κ3) is 4.74. The maximum absolute atomic E-state index is 11.5. The van der Waals surface area contributed by atoms with Crippen LogP contribution in [0.5, 0.6) is 0 Å². The maximum atomic E-state index is 11.5. The van der Waals surface area contributed by atoms with Crippen LogP contribution < -0.4 is 0 Å². The molecule has 4 fully saturated rings. The minimum Gasteiger partial charge on any atom is -0.393 e. The standard InChI is InChI=1S/C24H42O12/c1-12-5-6-24(36-12)21(2,3)7-13(8-22(24,4)30)34-19-17(28)16(27)15(26)14(35-19)9-32-20-18(29)23(31,10-25)11-33-20/h12-20,25-31H,5-11H2,1-4H3. The lowest BCUT2D eigenvalue weighted by molar-refractivity contribution is -0.335. The summed E-state index contributed by atoms with van der Waals surface area (Å²) < 4.78 is 28.8. The Bertz CT molecular complexity index is 758. The van der Waals surface area contributed by atoms with Crippen LogP contribution in [0.4, 0.5) is 0 Å². The Morgan fingerprint density at radius 3 is 2.19 bits per heavy atom. The van der Waals surface area contributed by atoms with Crippen LogP contribution in [0, 0.1) is 5.41 Å². The zero-order chi connectivity index (χ0) is 26.7. The van der Waals surface area contributed by atoms with Crippen LogP contribution in [-0.2, 0) is 23.7 Å². The molecule has 1 spiro atoms. The van der Waals surface area contributed by atoms with E-state index in [0.29, 0.717) is 12.8 Å². The van der Waals surface area contributed by atoms with E-state index in [4.69, 9.17) is 23.7 Å². The van der Waals surface area contributed by atoms with Crippen molar-refractivity contribution in [2.45, 2.75) is 125 Å². The Kier molecular flexibility index (Phi) is 7.86. The highest BCUT2D eigenvalue weighted by molar-refractivity contribution is 5.14. The Hall–Kier alpha value is -0.480. The van der Waals surface area contributed by atoms with Gasteiger partial charge in [-0.2, -0.15) is 0 Å². The Morgan fingerprint density at radius 1 is 0.944 bits per heavy atom. The first-order chi connectivity index (χ1) is 16.7. The van der Waals surface area contributed by atoms with Gasteiger partial charge in [0.25, 0.3) is 0 Å². The smallest absolute Gasteiger partial charge is 0.186 e. The van der Waals surface area contributed by atoms with Crippen LogP contribution in [0.2, 0.25) is 0 Å².